The first-order chi connectivity index (χ1) is 11.0. The quantitative estimate of drug-likeness (QED) is 0.368. The smallest absolute Gasteiger partial charge is 0.330 e. The van der Waals surface area contributed by atoms with Gasteiger partial charge >= 0.3 is 11.7 Å². The molecule has 124 valence electrons. The number of hydrogen-bond acceptors (Lipinski definition) is 6. The Morgan fingerprint density at radius 1 is 1.57 bits per heavy atom. The second kappa shape index (κ2) is 7.12. The second-order valence-corrected chi connectivity index (χ2v) is 5.14. The van der Waals surface area contributed by atoms with E-state index in [1.54, 1.807) is 0 Å². The predicted molar refractivity (Wildman–Crippen MR) is 78.6 cm³/mol. The maximum absolute atomic E-state index is 12.0. The minimum absolute atomic E-state index is 0.0710. The van der Waals surface area contributed by atoms with Gasteiger partial charge in [-0.25, -0.2) is 4.79 Å². The van der Waals surface area contributed by atoms with Crippen LogP contribution >= 0.6 is 0 Å². The zero-order chi connectivity index (χ0) is 17.0. The van der Waals surface area contributed by atoms with Crippen molar-refractivity contribution in [3.63, 3.8) is 0 Å². The summed E-state index contributed by atoms with van der Waals surface area (Å²) in [7, 11) is 0. The number of nitrogens with zero attached hydrogens (tertiary/aromatic N) is 4. The van der Waals surface area contributed by atoms with Crippen molar-refractivity contribution in [3.8, 4) is 0 Å². The Balaban J connectivity index is 2.43. The summed E-state index contributed by atoms with van der Waals surface area (Å²) in [5.74, 6) is -0.924. The molecule has 0 unspecified atom stereocenters. The number of carbonyl (C=O) groups excluding carboxylic acids is 1. The fourth-order valence-corrected chi connectivity index (χ4v) is 2.72. The van der Waals surface area contributed by atoms with Gasteiger partial charge in [0, 0.05) is 36.6 Å². The highest BCUT2D eigenvalue weighted by Crippen LogP contribution is 2.37. The van der Waals surface area contributed by atoms with Gasteiger partial charge in [-0.1, -0.05) is 12.0 Å². The number of aromatic amines is 1. The first-order valence-corrected chi connectivity index (χ1v) is 7.13. The predicted octanol–water partition coefficient (Wildman–Crippen LogP) is 0.702. The van der Waals surface area contributed by atoms with Gasteiger partial charge in [-0.3, -0.25) is 19.1 Å². The van der Waals surface area contributed by atoms with Crippen LogP contribution in [0.15, 0.2) is 27.0 Å². The summed E-state index contributed by atoms with van der Waals surface area (Å²) in [6.45, 7) is 3.19. The molecule has 0 radical (unpaired) electrons. The van der Waals surface area contributed by atoms with Crippen LogP contribution in [0.5, 0.6) is 0 Å². The van der Waals surface area contributed by atoms with E-state index in [4.69, 9.17) is 15.0 Å². The maximum Gasteiger partial charge on any atom is 0.330 e. The van der Waals surface area contributed by atoms with Gasteiger partial charge in [-0.15, -0.1) is 0 Å². The Morgan fingerprint density at radius 3 is 2.87 bits per heavy atom. The number of hydrogen-bond donors (Lipinski definition) is 1. The molecular weight excluding hydrogens is 306 g/mol. The van der Waals surface area contributed by atoms with E-state index in [9.17, 15) is 14.4 Å². The van der Waals surface area contributed by atoms with Crippen molar-refractivity contribution in [2.75, 3.05) is 6.54 Å². The summed E-state index contributed by atoms with van der Waals surface area (Å²) in [6.07, 6.45) is -0.185. The second-order valence-electron chi connectivity index (χ2n) is 5.14. The van der Waals surface area contributed by atoms with E-state index in [1.807, 2.05) is 6.92 Å². The first kappa shape index (κ1) is 16.8. The van der Waals surface area contributed by atoms with Crippen LogP contribution in [0.25, 0.3) is 10.4 Å². The average Bonchev–Trinajstić information content (AvgIpc) is 2.82. The largest absolute Gasteiger partial charge is 0.457 e. The fourth-order valence-electron chi connectivity index (χ4n) is 2.72. The van der Waals surface area contributed by atoms with E-state index in [-0.39, 0.29) is 18.6 Å². The Bertz CT molecular complexity index is 735. The third-order valence-corrected chi connectivity index (χ3v) is 3.68. The third kappa shape index (κ3) is 3.61. The lowest BCUT2D eigenvalue weighted by atomic mass is 9.96. The molecule has 1 aromatic heterocycles. The number of nitrogens with one attached hydrogen (secondary N) is 1. The summed E-state index contributed by atoms with van der Waals surface area (Å²) in [4.78, 5) is 39.4. The van der Waals surface area contributed by atoms with Crippen molar-refractivity contribution in [2.24, 2.45) is 11.0 Å². The van der Waals surface area contributed by atoms with Crippen molar-refractivity contribution in [1.29, 1.82) is 0 Å². The molecule has 10 heteroatoms. The molecule has 0 bridgehead atoms. The van der Waals surface area contributed by atoms with Crippen molar-refractivity contribution >= 4 is 5.97 Å². The summed E-state index contributed by atoms with van der Waals surface area (Å²) in [5, 5.41) is 3.54. The van der Waals surface area contributed by atoms with E-state index >= 15 is 0 Å². The summed E-state index contributed by atoms with van der Waals surface area (Å²) >= 11 is 0. The van der Waals surface area contributed by atoms with Gasteiger partial charge in [0.2, 0.25) is 0 Å². The van der Waals surface area contributed by atoms with Crippen LogP contribution in [0.1, 0.15) is 26.5 Å². The van der Waals surface area contributed by atoms with Gasteiger partial charge in [0.25, 0.3) is 5.56 Å². The molecule has 1 aliphatic rings. The standard InChI is InChI=1S/C13H17N5O5/c1-3-9-8(6-15-17-14)11(22-7(2)19)12(23-9)18-5-4-10(20)16-13(18)21/h4-5,8-9,11-12H,3,6H2,1-2H3,(H,16,20,21)/t8-,9-,11-,12-/m1/s1. The van der Waals surface area contributed by atoms with Gasteiger partial charge in [0.05, 0.1) is 6.10 Å². The molecule has 10 nitrogen and oxygen atoms in total. The van der Waals surface area contributed by atoms with Crippen LogP contribution in [-0.4, -0.2) is 34.3 Å². The lowest BCUT2D eigenvalue weighted by Gasteiger charge is -2.23. The number of carbonyl (C=O) groups is 1. The summed E-state index contributed by atoms with van der Waals surface area (Å²) in [5.41, 5.74) is 7.32. The first-order valence-electron chi connectivity index (χ1n) is 7.13. The van der Waals surface area contributed by atoms with Crippen LogP contribution in [-0.2, 0) is 14.3 Å². The molecule has 2 heterocycles. The highest BCUT2D eigenvalue weighted by atomic mass is 16.6. The Kier molecular flexibility index (Phi) is 5.20. The number of esters is 1. The Morgan fingerprint density at radius 2 is 2.30 bits per heavy atom. The molecule has 1 N–H and O–H groups in total. The zero-order valence-electron chi connectivity index (χ0n) is 12.7. The van der Waals surface area contributed by atoms with Gasteiger partial charge in [0.1, 0.15) is 0 Å². The highest BCUT2D eigenvalue weighted by molar-refractivity contribution is 5.66. The van der Waals surface area contributed by atoms with E-state index < -0.39 is 29.6 Å². The third-order valence-electron chi connectivity index (χ3n) is 3.68. The van der Waals surface area contributed by atoms with Crippen LogP contribution in [0.3, 0.4) is 0 Å². The number of aromatic nitrogens is 2. The molecule has 0 aliphatic carbocycles. The van der Waals surface area contributed by atoms with Gasteiger partial charge in [-0.2, -0.15) is 0 Å². The van der Waals surface area contributed by atoms with Crippen molar-refractivity contribution in [3.05, 3.63) is 43.5 Å². The monoisotopic (exact) mass is 323 g/mol. The molecule has 0 spiro atoms. The number of azide groups is 1. The average molecular weight is 323 g/mol. The van der Waals surface area contributed by atoms with Gasteiger partial charge < -0.3 is 9.47 Å². The van der Waals surface area contributed by atoms with Crippen LogP contribution in [0.4, 0.5) is 0 Å². The maximum atomic E-state index is 12.0. The van der Waals surface area contributed by atoms with E-state index in [0.717, 1.165) is 4.57 Å². The zero-order valence-corrected chi connectivity index (χ0v) is 12.7. The van der Waals surface area contributed by atoms with Crippen LogP contribution < -0.4 is 11.2 Å². The van der Waals surface area contributed by atoms with E-state index in [1.165, 1.54) is 19.2 Å². The molecule has 1 aromatic rings. The molecule has 0 amide bonds. The lowest BCUT2D eigenvalue weighted by Crippen LogP contribution is -2.38. The Labute approximate surface area is 130 Å². The topological polar surface area (TPSA) is 139 Å². The van der Waals surface area contributed by atoms with Gasteiger partial charge in [0.15, 0.2) is 12.3 Å². The van der Waals surface area contributed by atoms with Crippen LogP contribution in [0, 0.1) is 5.92 Å². The minimum Gasteiger partial charge on any atom is -0.457 e. The molecule has 1 fully saturated rings. The number of ether oxygens (including phenoxy) is 2. The molecule has 1 saturated heterocycles. The van der Waals surface area contributed by atoms with Crippen molar-refractivity contribution in [1.82, 2.24) is 9.55 Å². The summed E-state index contributed by atoms with van der Waals surface area (Å²) < 4.78 is 12.3. The molecule has 0 aromatic carbocycles. The SMILES string of the molecule is CC[C@H]1O[C@@H](n2ccc(=O)[nH]c2=O)[C@H](OC(C)=O)[C@@H]1CN=[N+]=[N-]. The minimum atomic E-state index is -0.896. The molecule has 1 aliphatic heterocycles. The number of rotatable bonds is 5. The van der Waals surface area contributed by atoms with Gasteiger partial charge in [-0.05, 0) is 12.0 Å². The lowest BCUT2D eigenvalue weighted by molar-refractivity contribution is -0.153. The molecule has 4 atom stereocenters. The number of H-pyrrole nitrogens is 1. The normalized spacial score (nSPS) is 26.5. The molecule has 0 saturated carbocycles. The molecule has 2 rings (SSSR count). The molecule has 23 heavy (non-hydrogen) atoms. The van der Waals surface area contributed by atoms with E-state index in [2.05, 4.69) is 15.0 Å². The van der Waals surface area contributed by atoms with E-state index in [0.29, 0.717) is 6.42 Å². The van der Waals surface area contributed by atoms with Crippen molar-refractivity contribution < 1.29 is 14.3 Å². The van der Waals surface area contributed by atoms with Crippen LogP contribution in [0.2, 0.25) is 0 Å². The van der Waals surface area contributed by atoms with Crippen molar-refractivity contribution in [2.45, 2.75) is 38.7 Å². The molecular formula is C13H17N5O5. The highest BCUT2D eigenvalue weighted by Gasteiger charge is 2.46. The fraction of sp³-hybridized carbons (Fsp3) is 0.615. The Hall–Kier alpha value is -2.58. The summed E-state index contributed by atoms with van der Waals surface area (Å²) in [6, 6.07) is 1.18.